The van der Waals surface area contributed by atoms with E-state index in [9.17, 15) is 14.7 Å². The molecule has 0 radical (unpaired) electrons. The van der Waals surface area contributed by atoms with Gasteiger partial charge in [-0.25, -0.2) is 4.79 Å². The number of nitrogens with zero attached hydrogens (tertiary/aromatic N) is 1. The number of rotatable bonds is 7. The standard InChI is InChI=1S/C30H25N3O3/c1-20(34)32-24-13-11-22(12-14-24)27-9-4-10-29-28(27)15-16-33(29)26-8-2-5-21(17-26)19-31-25-7-3-6-23(18-25)30(35)36/h2-18,31H,19H2,1H3,(H,32,34)(H,35,36). The number of aromatic nitrogens is 1. The molecule has 6 nitrogen and oxygen atoms in total. The van der Waals surface area contributed by atoms with Gasteiger partial charge in [0, 0.05) is 42.1 Å². The van der Waals surface area contributed by atoms with Crippen molar-refractivity contribution in [2.75, 3.05) is 10.6 Å². The number of hydrogen-bond donors (Lipinski definition) is 3. The highest BCUT2D eigenvalue weighted by Crippen LogP contribution is 2.32. The molecule has 0 saturated heterocycles. The summed E-state index contributed by atoms with van der Waals surface area (Å²) in [6, 6.07) is 31.3. The number of carbonyl (C=O) groups excluding carboxylic acids is 1. The minimum absolute atomic E-state index is 0.0897. The van der Waals surface area contributed by atoms with Crippen LogP contribution in [0.25, 0.3) is 27.7 Å². The molecule has 6 heteroatoms. The molecular formula is C30H25N3O3. The van der Waals surface area contributed by atoms with Crippen LogP contribution in [0.2, 0.25) is 0 Å². The summed E-state index contributed by atoms with van der Waals surface area (Å²) in [7, 11) is 0. The summed E-state index contributed by atoms with van der Waals surface area (Å²) < 4.78 is 2.17. The van der Waals surface area contributed by atoms with Crippen molar-refractivity contribution in [3.05, 3.63) is 114 Å². The molecule has 5 aromatic rings. The van der Waals surface area contributed by atoms with Gasteiger partial charge in [0.25, 0.3) is 0 Å². The summed E-state index contributed by atoms with van der Waals surface area (Å²) in [4.78, 5) is 22.5. The number of amides is 1. The van der Waals surface area contributed by atoms with Crippen molar-refractivity contribution in [1.82, 2.24) is 4.57 Å². The SMILES string of the molecule is CC(=O)Nc1ccc(-c2cccc3c2ccn3-c2cccc(CNc3cccc(C(=O)O)c3)c2)cc1. The van der Waals surface area contributed by atoms with E-state index < -0.39 is 5.97 Å². The molecule has 3 N–H and O–H groups in total. The first-order valence-corrected chi connectivity index (χ1v) is 11.6. The van der Waals surface area contributed by atoms with Gasteiger partial charge >= 0.3 is 5.97 Å². The van der Waals surface area contributed by atoms with E-state index in [4.69, 9.17) is 0 Å². The van der Waals surface area contributed by atoms with Crippen molar-refractivity contribution in [2.45, 2.75) is 13.5 Å². The van der Waals surface area contributed by atoms with Gasteiger partial charge in [0.05, 0.1) is 11.1 Å². The van der Waals surface area contributed by atoms with Gasteiger partial charge in [-0.1, -0.05) is 42.5 Å². The first kappa shape index (κ1) is 22.9. The molecular weight excluding hydrogens is 450 g/mol. The summed E-state index contributed by atoms with van der Waals surface area (Å²) in [6.45, 7) is 2.07. The van der Waals surface area contributed by atoms with Gasteiger partial charge in [-0.3, -0.25) is 4.79 Å². The third-order valence-electron chi connectivity index (χ3n) is 6.04. The Hall–Kier alpha value is -4.84. The zero-order valence-electron chi connectivity index (χ0n) is 19.7. The smallest absolute Gasteiger partial charge is 0.335 e. The normalized spacial score (nSPS) is 10.8. The topological polar surface area (TPSA) is 83.4 Å². The molecule has 5 rings (SSSR count). The second kappa shape index (κ2) is 9.80. The molecule has 4 aromatic carbocycles. The number of aromatic carboxylic acids is 1. The highest BCUT2D eigenvalue weighted by Gasteiger charge is 2.10. The molecule has 178 valence electrons. The maximum atomic E-state index is 11.3. The quantitative estimate of drug-likeness (QED) is 0.249. The van der Waals surface area contributed by atoms with Crippen molar-refractivity contribution in [3.63, 3.8) is 0 Å². The number of carboxylic acids is 1. The summed E-state index contributed by atoms with van der Waals surface area (Å²) in [6.07, 6.45) is 2.07. The van der Waals surface area contributed by atoms with E-state index in [0.717, 1.165) is 44.7 Å². The summed E-state index contributed by atoms with van der Waals surface area (Å²) in [5.74, 6) is -1.03. The van der Waals surface area contributed by atoms with Crippen LogP contribution in [-0.2, 0) is 11.3 Å². The number of fused-ring (bicyclic) bond motifs is 1. The Morgan fingerprint density at radius 3 is 2.39 bits per heavy atom. The Kier molecular flexibility index (Phi) is 6.24. The monoisotopic (exact) mass is 475 g/mol. The van der Waals surface area contributed by atoms with E-state index in [0.29, 0.717) is 6.54 Å². The number of hydrogen-bond acceptors (Lipinski definition) is 3. The number of benzene rings is 4. The van der Waals surface area contributed by atoms with E-state index in [-0.39, 0.29) is 11.5 Å². The number of carboxylic acid groups (broad SMARTS) is 1. The minimum atomic E-state index is -0.942. The fraction of sp³-hybridized carbons (Fsp3) is 0.0667. The maximum Gasteiger partial charge on any atom is 0.335 e. The van der Waals surface area contributed by atoms with Gasteiger partial charge < -0.3 is 20.3 Å². The minimum Gasteiger partial charge on any atom is -0.478 e. The summed E-state index contributed by atoms with van der Waals surface area (Å²) in [5.41, 5.74) is 7.22. The van der Waals surface area contributed by atoms with Gasteiger partial charge in [-0.05, 0) is 71.3 Å². The van der Waals surface area contributed by atoms with Crippen LogP contribution < -0.4 is 10.6 Å². The van der Waals surface area contributed by atoms with Gasteiger partial charge in [0.2, 0.25) is 5.91 Å². The lowest BCUT2D eigenvalue weighted by atomic mass is 10.0. The third kappa shape index (κ3) is 4.83. The molecule has 1 amide bonds. The van der Waals surface area contributed by atoms with Crippen molar-refractivity contribution < 1.29 is 14.7 Å². The Labute approximate surface area is 208 Å². The van der Waals surface area contributed by atoms with Crippen molar-refractivity contribution >= 4 is 34.2 Å². The molecule has 0 atom stereocenters. The van der Waals surface area contributed by atoms with Crippen LogP contribution in [-0.4, -0.2) is 21.6 Å². The molecule has 0 bridgehead atoms. The molecule has 0 aliphatic heterocycles. The molecule has 0 fully saturated rings. The average Bonchev–Trinajstić information content (AvgIpc) is 3.32. The van der Waals surface area contributed by atoms with E-state index in [1.54, 1.807) is 18.2 Å². The third-order valence-corrected chi connectivity index (χ3v) is 6.04. The van der Waals surface area contributed by atoms with Crippen LogP contribution in [0.5, 0.6) is 0 Å². The summed E-state index contributed by atoms with van der Waals surface area (Å²) in [5, 5.41) is 16.5. The largest absolute Gasteiger partial charge is 0.478 e. The van der Waals surface area contributed by atoms with Crippen LogP contribution in [0, 0.1) is 0 Å². The second-order valence-corrected chi connectivity index (χ2v) is 8.59. The molecule has 0 saturated carbocycles. The highest BCUT2D eigenvalue weighted by atomic mass is 16.4. The number of carbonyl (C=O) groups is 2. The van der Waals surface area contributed by atoms with Crippen LogP contribution in [0.1, 0.15) is 22.8 Å². The number of anilines is 2. The summed E-state index contributed by atoms with van der Waals surface area (Å²) >= 11 is 0. The lowest BCUT2D eigenvalue weighted by molar-refractivity contribution is -0.114. The van der Waals surface area contributed by atoms with E-state index in [2.05, 4.69) is 57.8 Å². The lowest BCUT2D eigenvalue weighted by Crippen LogP contribution is -2.05. The molecule has 0 aliphatic rings. The Balaban J connectivity index is 1.41. The zero-order chi connectivity index (χ0) is 25.1. The van der Waals surface area contributed by atoms with Gasteiger partial charge in [-0.2, -0.15) is 0 Å². The zero-order valence-corrected chi connectivity index (χ0v) is 19.7. The number of nitrogens with one attached hydrogen (secondary N) is 2. The second-order valence-electron chi connectivity index (χ2n) is 8.59. The van der Waals surface area contributed by atoms with Gasteiger partial charge in [-0.15, -0.1) is 0 Å². The highest BCUT2D eigenvalue weighted by molar-refractivity contribution is 5.97. The van der Waals surface area contributed by atoms with E-state index >= 15 is 0 Å². The lowest BCUT2D eigenvalue weighted by Gasteiger charge is -2.11. The fourth-order valence-corrected chi connectivity index (χ4v) is 4.36. The average molecular weight is 476 g/mol. The van der Waals surface area contributed by atoms with Crippen LogP contribution in [0.15, 0.2) is 103 Å². The van der Waals surface area contributed by atoms with Crippen molar-refractivity contribution in [2.24, 2.45) is 0 Å². The first-order valence-electron chi connectivity index (χ1n) is 11.6. The van der Waals surface area contributed by atoms with Crippen LogP contribution in [0.4, 0.5) is 11.4 Å². The van der Waals surface area contributed by atoms with Crippen LogP contribution in [0.3, 0.4) is 0 Å². The first-order chi connectivity index (χ1) is 17.5. The molecule has 36 heavy (non-hydrogen) atoms. The van der Waals surface area contributed by atoms with Crippen molar-refractivity contribution in [3.8, 4) is 16.8 Å². The predicted octanol–water partition coefficient (Wildman–Crippen LogP) is 6.57. The molecule has 1 heterocycles. The Morgan fingerprint density at radius 2 is 1.61 bits per heavy atom. The molecule has 0 aliphatic carbocycles. The molecule has 0 unspecified atom stereocenters. The van der Waals surface area contributed by atoms with E-state index in [1.807, 2.05) is 42.5 Å². The van der Waals surface area contributed by atoms with Crippen molar-refractivity contribution in [1.29, 1.82) is 0 Å². The van der Waals surface area contributed by atoms with Crippen LogP contribution >= 0.6 is 0 Å². The van der Waals surface area contributed by atoms with Gasteiger partial charge in [0.15, 0.2) is 0 Å². The fourth-order valence-electron chi connectivity index (χ4n) is 4.36. The Morgan fingerprint density at radius 1 is 0.833 bits per heavy atom. The molecule has 1 aromatic heterocycles. The molecule has 0 spiro atoms. The predicted molar refractivity (Wildman–Crippen MR) is 144 cm³/mol. The van der Waals surface area contributed by atoms with Gasteiger partial charge in [0.1, 0.15) is 0 Å². The van der Waals surface area contributed by atoms with E-state index in [1.165, 1.54) is 6.92 Å². The Bertz CT molecular complexity index is 1570. The maximum absolute atomic E-state index is 11.3.